The second-order valence-corrected chi connectivity index (χ2v) is 3.37. The SMILES string of the molecule is CNc1c(C(C)=O)c(NC)n(NC)c1C(=O)O. The fourth-order valence-corrected chi connectivity index (χ4v) is 1.82. The molecule has 0 aromatic carbocycles. The molecule has 94 valence electrons. The minimum absolute atomic E-state index is 0.00968. The molecule has 1 heterocycles. The maximum atomic E-state index is 11.6. The third-order valence-electron chi connectivity index (χ3n) is 2.44. The van der Waals surface area contributed by atoms with E-state index < -0.39 is 5.97 Å². The Morgan fingerprint density at radius 3 is 2.06 bits per heavy atom. The Morgan fingerprint density at radius 2 is 1.76 bits per heavy atom. The summed E-state index contributed by atoms with van der Waals surface area (Å²) in [6.07, 6.45) is 0. The van der Waals surface area contributed by atoms with Crippen molar-refractivity contribution in [1.82, 2.24) is 4.68 Å². The molecule has 17 heavy (non-hydrogen) atoms. The zero-order chi connectivity index (χ0) is 13.2. The van der Waals surface area contributed by atoms with Gasteiger partial charge in [0.25, 0.3) is 0 Å². The highest BCUT2D eigenvalue weighted by molar-refractivity contribution is 6.10. The van der Waals surface area contributed by atoms with Crippen LogP contribution in [-0.2, 0) is 0 Å². The zero-order valence-corrected chi connectivity index (χ0v) is 10.2. The van der Waals surface area contributed by atoms with Crippen molar-refractivity contribution >= 4 is 23.3 Å². The lowest BCUT2D eigenvalue weighted by atomic mass is 10.1. The molecule has 0 spiro atoms. The summed E-state index contributed by atoms with van der Waals surface area (Å²) in [5.74, 6) is -0.912. The van der Waals surface area contributed by atoms with Crippen molar-refractivity contribution in [2.24, 2.45) is 0 Å². The van der Waals surface area contributed by atoms with Gasteiger partial charge in [-0.2, -0.15) is 0 Å². The van der Waals surface area contributed by atoms with Gasteiger partial charge >= 0.3 is 5.97 Å². The van der Waals surface area contributed by atoms with Gasteiger partial charge < -0.3 is 21.2 Å². The van der Waals surface area contributed by atoms with E-state index in [-0.39, 0.29) is 11.5 Å². The number of carboxylic acids is 1. The molecule has 1 aromatic heterocycles. The fraction of sp³-hybridized carbons (Fsp3) is 0.400. The highest BCUT2D eigenvalue weighted by atomic mass is 16.4. The molecule has 0 radical (unpaired) electrons. The van der Waals surface area contributed by atoms with Crippen molar-refractivity contribution in [2.45, 2.75) is 6.92 Å². The Morgan fingerprint density at radius 1 is 1.18 bits per heavy atom. The van der Waals surface area contributed by atoms with Crippen LogP contribution >= 0.6 is 0 Å². The Balaban J connectivity index is 3.70. The molecule has 0 saturated carbocycles. The molecule has 0 bridgehead atoms. The van der Waals surface area contributed by atoms with Crippen LogP contribution in [0, 0.1) is 0 Å². The van der Waals surface area contributed by atoms with E-state index in [4.69, 9.17) is 0 Å². The normalized spacial score (nSPS) is 9.88. The first-order valence-corrected chi connectivity index (χ1v) is 5.05. The summed E-state index contributed by atoms with van der Waals surface area (Å²) in [5, 5.41) is 14.8. The predicted octanol–water partition coefficient (Wildman–Crippen LogP) is 0.646. The monoisotopic (exact) mass is 240 g/mol. The number of Topliss-reactive ketones (excluding diaryl/α,β-unsaturated/α-hetero) is 1. The van der Waals surface area contributed by atoms with Gasteiger partial charge in [-0.1, -0.05) is 0 Å². The zero-order valence-electron chi connectivity index (χ0n) is 10.2. The molecule has 0 aliphatic rings. The minimum atomic E-state index is -1.12. The van der Waals surface area contributed by atoms with Gasteiger partial charge in [0, 0.05) is 21.1 Å². The summed E-state index contributed by atoms with van der Waals surface area (Å²) in [6, 6.07) is 0. The number of carbonyl (C=O) groups excluding carboxylic acids is 1. The van der Waals surface area contributed by atoms with Crippen molar-refractivity contribution in [3.8, 4) is 0 Å². The number of nitrogens with one attached hydrogen (secondary N) is 3. The molecule has 1 aromatic rings. The van der Waals surface area contributed by atoms with E-state index in [0.29, 0.717) is 17.1 Å². The average molecular weight is 240 g/mol. The van der Waals surface area contributed by atoms with Crippen LogP contribution in [0.4, 0.5) is 11.5 Å². The number of hydrogen-bond acceptors (Lipinski definition) is 5. The molecule has 7 nitrogen and oxygen atoms in total. The lowest BCUT2D eigenvalue weighted by Gasteiger charge is -2.09. The van der Waals surface area contributed by atoms with Crippen LogP contribution in [0.25, 0.3) is 0 Å². The maximum Gasteiger partial charge on any atom is 0.356 e. The number of aromatic carboxylic acids is 1. The minimum Gasteiger partial charge on any atom is -0.476 e. The van der Waals surface area contributed by atoms with E-state index in [9.17, 15) is 14.7 Å². The summed E-state index contributed by atoms with van der Waals surface area (Å²) in [4.78, 5) is 22.8. The van der Waals surface area contributed by atoms with Gasteiger partial charge in [0.15, 0.2) is 11.5 Å². The van der Waals surface area contributed by atoms with E-state index in [2.05, 4.69) is 16.1 Å². The summed E-state index contributed by atoms with van der Waals surface area (Å²) in [7, 11) is 4.78. The molecule has 0 amide bonds. The summed E-state index contributed by atoms with van der Waals surface area (Å²) < 4.78 is 1.32. The van der Waals surface area contributed by atoms with E-state index in [1.165, 1.54) is 11.6 Å². The number of aromatic nitrogens is 1. The number of hydrogen-bond donors (Lipinski definition) is 4. The molecule has 0 unspecified atom stereocenters. The Bertz CT molecular complexity index is 425. The summed E-state index contributed by atoms with van der Waals surface area (Å²) in [5.41, 5.74) is 3.33. The Hall–Kier alpha value is -2.18. The second kappa shape index (κ2) is 4.77. The van der Waals surface area contributed by atoms with Crippen molar-refractivity contribution in [3.63, 3.8) is 0 Å². The smallest absolute Gasteiger partial charge is 0.356 e. The van der Waals surface area contributed by atoms with Crippen LogP contribution in [0.5, 0.6) is 0 Å². The summed E-state index contributed by atoms with van der Waals surface area (Å²) >= 11 is 0. The Kier molecular flexibility index (Phi) is 3.62. The van der Waals surface area contributed by atoms with Gasteiger partial charge in [0.2, 0.25) is 0 Å². The van der Waals surface area contributed by atoms with Crippen LogP contribution in [-0.4, -0.2) is 42.7 Å². The topological polar surface area (TPSA) is 95.4 Å². The quantitative estimate of drug-likeness (QED) is 0.564. The molecule has 0 saturated heterocycles. The molecule has 7 heteroatoms. The number of nitrogens with zero attached hydrogens (tertiary/aromatic N) is 1. The van der Waals surface area contributed by atoms with Crippen molar-refractivity contribution in [3.05, 3.63) is 11.3 Å². The number of rotatable bonds is 5. The van der Waals surface area contributed by atoms with Gasteiger partial charge in [0.1, 0.15) is 5.82 Å². The molecule has 0 aliphatic heterocycles. The fourth-order valence-electron chi connectivity index (χ4n) is 1.82. The van der Waals surface area contributed by atoms with Crippen molar-refractivity contribution < 1.29 is 14.7 Å². The molecule has 0 aliphatic carbocycles. The van der Waals surface area contributed by atoms with Crippen molar-refractivity contribution in [1.29, 1.82) is 0 Å². The van der Waals surface area contributed by atoms with Crippen LogP contribution in [0.1, 0.15) is 27.8 Å². The van der Waals surface area contributed by atoms with E-state index in [1.807, 2.05) is 0 Å². The third-order valence-corrected chi connectivity index (χ3v) is 2.44. The molecular weight excluding hydrogens is 224 g/mol. The second-order valence-electron chi connectivity index (χ2n) is 3.37. The standard InChI is InChI=1S/C10H16N4O3/c1-5(15)6-7(11-2)8(10(16)17)14(13-4)9(6)12-3/h11-13H,1-4H3,(H,16,17). The molecule has 0 atom stereocenters. The highest BCUT2D eigenvalue weighted by Gasteiger charge is 2.27. The first-order chi connectivity index (χ1) is 7.99. The van der Waals surface area contributed by atoms with Gasteiger partial charge in [-0.3, -0.25) is 4.79 Å². The number of carbonyl (C=O) groups is 2. The Labute approximate surface area is 98.8 Å². The number of anilines is 2. The lowest BCUT2D eigenvalue weighted by molar-refractivity contribution is 0.0688. The van der Waals surface area contributed by atoms with Crippen LogP contribution < -0.4 is 16.1 Å². The van der Waals surface area contributed by atoms with Crippen LogP contribution in [0.3, 0.4) is 0 Å². The predicted molar refractivity (Wildman–Crippen MR) is 65.8 cm³/mol. The third kappa shape index (κ3) is 1.91. The number of carboxylic acid groups (broad SMARTS) is 1. The first-order valence-electron chi connectivity index (χ1n) is 5.05. The molecule has 0 fully saturated rings. The van der Waals surface area contributed by atoms with Gasteiger partial charge in [0.05, 0.1) is 11.3 Å². The largest absolute Gasteiger partial charge is 0.476 e. The van der Waals surface area contributed by atoms with Crippen LogP contribution in [0.15, 0.2) is 0 Å². The molecule has 1 rings (SSSR count). The van der Waals surface area contributed by atoms with Crippen molar-refractivity contribution in [2.75, 3.05) is 37.2 Å². The maximum absolute atomic E-state index is 11.6. The van der Waals surface area contributed by atoms with Gasteiger partial charge in [-0.25, -0.2) is 9.47 Å². The number of ketones is 1. The lowest BCUT2D eigenvalue weighted by Crippen LogP contribution is -2.18. The van der Waals surface area contributed by atoms with E-state index >= 15 is 0 Å². The highest BCUT2D eigenvalue weighted by Crippen LogP contribution is 2.31. The molecule has 4 N–H and O–H groups in total. The van der Waals surface area contributed by atoms with E-state index in [0.717, 1.165) is 0 Å². The molecular formula is C10H16N4O3. The van der Waals surface area contributed by atoms with Gasteiger partial charge in [-0.15, -0.1) is 0 Å². The van der Waals surface area contributed by atoms with Crippen LogP contribution in [0.2, 0.25) is 0 Å². The summed E-state index contributed by atoms with van der Waals surface area (Å²) in [6.45, 7) is 1.39. The first kappa shape index (κ1) is 12.9. The van der Waals surface area contributed by atoms with E-state index in [1.54, 1.807) is 21.1 Å². The average Bonchev–Trinajstić information content (AvgIpc) is 2.61. The van der Waals surface area contributed by atoms with Gasteiger partial charge in [-0.05, 0) is 6.92 Å².